The Balaban J connectivity index is 0.00000220. The lowest BCUT2D eigenvalue weighted by atomic mass is 10.0. The van der Waals surface area contributed by atoms with Crippen LogP contribution in [0.3, 0.4) is 0 Å². The molecule has 1 aromatic heterocycles. The number of halogens is 1. The van der Waals surface area contributed by atoms with Gasteiger partial charge in [-0.05, 0) is 88.4 Å². The van der Waals surface area contributed by atoms with Gasteiger partial charge in [0.1, 0.15) is 16.8 Å². The van der Waals surface area contributed by atoms with E-state index in [1.807, 2.05) is 45.9 Å². The highest BCUT2D eigenvalue weighted by molar-refractivity contribution is 6.02. The average molecular weight is 702 g/mol. The SMILES string of the molecule is CCC(C)(C)OCNC1CCN(c2c(F)cc3c(=O)c(C(=O)NCCCN4CCCCC4C)cn4c3c2Oc2cc3ccccc3cc2-4)C1.CO. The van der Waals surface area contributed by atoms with E-state index in [9.17, 15) is 9.59 Å². The third-order valence-corrected chi connectivity index (χ3v) is 10.8. The summed E-state index contributed by atoms with van der Waals surface area (Å²) in [5.41, 5.74) is 0.727. The average Bonchev–Trinajstić information content (AvgIpc) is 3.59. The molecule has 2 saturated heterocycles. The van der Waals surface area contributed by atoms with Gasteiger partial charge < -0.3 is 34.3 Å². The number of likely N-dealkylation sites (tertiary alicyclic amines) is 1. The van der Waals surface area contributed by atoms with Gasteiger partial charge in [-0.15, -0.1) is 0 Å². The van der Waals surface area contributed by atoms with E-state index in [1.165, 1.54) is 25.3 Å². The molecule has 4 heterocycles. The van der Waals surface area contributed by atoms with Crippen molar-refractivity contribution in [3.05, 3.63) is 70.3 Å². The zero-order chi connectivity index (χ0) is 36.3. The molecule has 0 spiro atoms. The maximum Gasteiger partial charge on any atom is 0.256 e. The van der Waals surface area contributed by atoms with Gasteiger partial charge >= 0.3 is 0 Å². The fourth-order valence-electron chi connectivity index (χ4n) is 7.40. The highest BCUT2D eigenvalue weighted by Crippen LogP contribution is 2.48. The lowest BCUT2D eigenvalue weighted by Crippen LogP contribution is -2.39. The molecule has 3 aromatic carbocycles. The molecule has 0 saturated carbocycles. The normalized spacial score (nSPS) is 18.7. The number of anilines is 1. The number of aliphatic hydroxyl groups is 1. The molecule has 3 aliphatic rings. The van der Waals surface area contributed by atoms with Crippen molar-refractivity contribution in [2.24, 2.45) is 0 Å². The van der Waals surface area contributed by atoms with E-state index >= 15 is 4.39 Å². The molecule has 3 aliphatic heterocycles. The molecule has 51 heavy (non-hydrogen) atoms. The molecule has 2 fully saturated rings. The molecule has 10 nitrogen and oxygen atoms in total. The molecule has 1 amide bonds. The van der Waals surface area contributed by atoms with Crippen molar-refractivity contribution in [2.45, 2.75) is 83.9 Å². The Labute approximate surface area is 299 Å². The summed E-state index contributed by atoms with van der Waals surface area (Å²) in [4.78, 5) is 32.0. The van der Waals surface area contributed by atoms with Crippen LogP contribution in [0.5, 0.6) is 11.5 Å². The van der Waals surface area contributed by atoms with Crippen LogP contribution >= 0.6 is 0 Å². The number of nitrogens with zero attached hydrogens (tertiary/aromatic N) is 3. The second-order valence-corrected chi connectivity index (χ2v) is 14.5. The van der Waals surface area contributed by atoms with Crippen molar-refractivity contribution < 1.29 is 23.8 Å². The molecular formula is C40H52FN5O5. The molecule has 7 rings (SSSR count). The summed E-state index contributed by atoms with van der Waals surface area (Å²) in [6.07, 6.45) is 7.76. The predicted octanol–water partition coefficient (Wildman–Crippen LogP) is 6.32. The van der Waals surface area contributed by atoms with Crippen molar-refractivity contribution in [1.82, 2.24) is 20.1 Å². The van der Waals surface area contributed by atoms with E-state index in [1.54, 1.807) is 6.20 Å². The first-order chi connectivity index (χ1) is 24.6. The quantitative estimate of drug-likeness (QED) is 0.109. The van der Waals surface area contributed by atoms with Gasteiger partial charge in [0, 0.05) is 51.6 Å². The Hall–Kier alpha value is -4.03. The van der Waals surface area contributed by atoms with Crippen molar-refractivity contribution in [3.8, 4) is 17.2 Å². The van der Waals surface area contributed by atoms with Crippen LogP contribution in [-0.4, -0.2) is 84.7 Å². The Morgan fingerprint density at radius 2 is 1.86 bits per heavy atom. The summed E-state index contributed by atoms with van der Waals surface area (Å²) in [5, 5.41) is 15.5. The van der Waals surface area contributed by atoms with Crippen LogP contribution in [-0.2, 0) is 4.74 Å². The molecule has 274 valence electrons. The van der Waals surface area contributed by atoms with Gasteiger partial charge in [0.25, 0.3) is 5.91 Å². The second-order valence-electron chi connectivity index (χ2n) is 14.5. The first-order valence-electron chi connectivity index (χ1n) is 18.4. The van der Waals surface area contributed by atoms with Crippen molar-refractivity contribution >= 4 is 33.3 Å². The lowest BCUT2D eigenvalue weighted by molar-refractivity contribution is -0.0322. The summed E-state index contributed by atoms with van der Waals surface area (Å²) < 4.78 is 30.8. The molecule has 4 aromatic rings. The lowest BCUT2D eigenvalue weighted by Gasteiger charge is -2.33. The van der Waals surface area contributed by atoms with Crippen LogP contribution in [0, 0.1) is 5.82 Å². The largest absolute Gasteiger partial charge is 0.451 e. The number of hydrogen-bond donors (Lipinski definition) is 3. The van der Waals surface area contributed by atoms with Crippen LogP contribution in [0.1, 0.15) is 76.6 Å². The van der Waals surface area contributed by atoms with Crippen molar-refractivity contribution in [2.75, 3.05) is 51.5 Å². The summed E-state index contributed by atoms with van der Waals surface area (Å²) in [5.74, 6) is -0.174. The number of ether oxygens (including phenoxy) is 2. The van der Waals surface area contributed by atoms with E-state index in [0.717, 1.165) is 50.2 Å². The topological polar surface area (TPSA) is 108 Å². The third kappa shape index (κ3) is 7.62. The van der Waals surface area contributed by atoms with Gasteiger partial charge in [0.05, 0.1) is 23.4 Å². The zero-order valence-electron chi connectivity index (χ0n) is 30.6. The van der Waals surface area contributed by atoms with Gasteiger partial charge in [-0.2, -0.15) is 0 Å². The smallest absolute Gasteiger partial charge is 0.256 e. The van der Waals surface area contributed by atoms with Gasteiger partial charge in [-0.3, -0.25) is 14.9 Å². The summed E-state index contributed by atoms with van der Waals surface area (Å²) in [6.45, 7) is 12.5. The highest BCUT2D eigenvalue weighted by atomic mass is 19.1. The van der Waals surface area contributed by atoms with Gasteiger partial charge in [0.2, 0.25) is 5.43 Å². The monoisotopic (exact) mass is 701 g/mol. The fourth-order valence-corrected chi connectivity index (χ4v) is 7.40. The minimum atomic E-state index is -0.549. The molecule has 0 bridgehead atoms. The third-order valence-electron chi connectivity index (χ3n) is 10.8. The van der Waals surface area contributed by atoms with Crippen molar-refractivity contribution in [1.29, 1.82) is 0 Å². The number of hydrogen-bond acceptors (Lipinski definition) is 8. The molecule has 2 atom stereocenters. The minimum Gasteiger partial charge on any atom is -0.451 e. The van der Waals surface area contributed by atoms with Crippen LogP contribution in [0.25, 0.3) is 27.4 Å². The first kappa shape index (κ1) is 36.8. The standard InChI is InChI=1S/C39H48FN5O4.CH4O/c1-5-39(3,4)48-24-42-28-14-18-44(22-28)35-31(40)21-29-34-37(35)49-33-20-27-13-7-6-12-26(27)19-32(33)45(34)23-30(36(29)46)38(47)41-15-10-17-43-16-9-8-11-25(43)2;1-2/h6-7,12-13,19-21,23,25,28,42H,5,8-11,14-18,22,24H2,1-4H3,(H,41,47);2H,1H3. The molecular weight excluding hydrogens is 649 g/mol. The summed E-state index contributed by atoms with van der Waals surface area (Å²) in [6, 6.07) is 13.8. The highest BCUT2D eigenvalue weighted by Gasteiger charge is 2.34. The number of pyridine rings is 1. The van der Waals surface area contributed by atoms with E-state index in [4.69, 9.17) is 14.6 Å². The summed E-state index contributed by atoms with van der Waals surface area (Å²) >= 11 is 0. The number of nitrogens with one attached hydrogen (secondary N) is 2. The molecule has 3 N–H and O–H groups in total. The molecule has 0 radical (unpaired) electrons. The number of carbonyl (C=O) groups excluding carboxylic acids is 1. The van der Waals surface area contributed by atoms with Crippen LogP contribution < -0.4 is 25.7 Å². The van der Waals surface area contributed by atoms with E-state index in [2.05, 4.69) is 43.2 Å². The molecule has 2 unspecified atom stereocenters. The van der Waals surface area contributed by atoms with E-state index in [0.29, 0.717) is 60.8 Å². The summed E-state index contributed by atoms with van der Waals surface area (Å²) in [7, 11) is 1.00. The van der Waals surface area contributed by atoms with Gasteiger partial charge in [0.15, 0.2) is 17.3 Å². The van der Waals surface area contributed by atoms with E-state index in [-0.39, 0.29) is 22.6 Å². The number of amides is 1. The number of fused-ring (bicyclic) bond motifs is 3. The maximum absolute atomic E-state index is 16.3. The van der Waals surface area contributed by atoms with Crippen LogP contribution in [0.4, 0.5) is 10.1 Å². The first-order valence-corrected chi connectivity index (χ1v) is 18.4. The minimum absolute atomic E-state index is 0.0154. The number of carbonyl (C=O) groups is 1. The van der Waals surface area contributed by atoms with E-state index < -0.39 is 17.2 Å². The Morgan fingerprint density at radius 1 is 1.10 bits per heavy atom. The van der Waals surface area contributed by atoms with Crippen LogP contribution in [0.15, 0.2) is 53.5 Å². The van der Waals surface area contributed by atoms with Gasteiger partial charge in [-0.25, -0.2) is 4.39 Å². The Morgan fingerprint density at radius 3 is 2.61 bits per heavy atom. The predicted molar refractivity (Wildman–Crippen MR) is 201 cm³/mol. The Kier molecular flexibility index (Phi) is 11.3. The maximum atomic E-state index is 16.3. The Bertz CT molecular complexity index is 1940. The van der Waals surface area contributed by atoms with Crippen molar-refractivity contribution in [3.63, 3.8) is 0 Å². The number of aromatic nitrogens is 1. The zero-order valence-corrected chi connectivity index (χ0v) is 30.6. The second kappa shape index (κ2) is 15.7. The number of rotatable bonds is 11. The molecule has 0 aliphatic carbocycles. The number of piperidine rings is 1. The molecule has 11 heteroatoms. The van der Waals surface area contributed by atoms with Gasteiger partial charge in [-0.1, -0.05) is 37.6 Å². The number of aliphatic hydroxyl groups excluding tert-OH is 1. The fraction of sp³-hybridized carbons (Fsp3) is 0.500. The van der Waals surface area contributed by atoms with Crippen LogP contribution in [0.2, 0.25) is 0 Å². The number of benzene rings is 3.